The number of hydrogen-bond donors (Lipinski definition) is 0. The van der Waals surface area contributed by atoms with Crippen molar-refractivity contribution in [1.82, 2.24) is 10.1 Å². The fourth-order valence-corrected chi connectivity index (χ4v) is 2.34. The Hall–Kier alpha value is -1.87. The van der Waals surface area contributed by atoms with Gasteiger partial charge in [0.15, 0.2) is 11.8 Å². The molecular weight excluding hydrogens is 246 g/mol. The number of carbonyl (C=O) groups excluding carboxylic acids is 1. The predicted molar refractivity (Wildman–Crippen MR) is 64.5 cm³/mol. The van der Waals surface area contributed by atoms with Gasteiger partial charge in [-0.05, 0) is 19.8 Å². The largest absolute Gasteiger partial charge is 0.360 e. The Morgan fingerprint density at radius 1 is 1.53 bits per heavy atom. The minimum absolute atomic E-state index is 0.170. The van der Waals surface area contributed by atoms with E-state index in [9.17, 15) is 4.79 Å². The van der Waals surface area contributed by atoms with Crippen molar-refractivity contribution in [3.05, 3.63) is 17.0 Å². The molecule has 1 atom stereocenters. The predicted octanol–water partition coefficient (Wildman–Crippen LogP) is 1.23. The zero-order chi connectivity index (χ0) is 13.4. The van der Waals surface area contributed by atoms with Crippen molar-refractivity contribution < 1.29 is 14.1 Å². The number of morpholine rings is 1. The van der Waals surface area contributed by atoms with Crippen molar-refractivity contribution in [1.29, 1.82) is 5.26 Å². The van der Waals surface area contributed by atoms with Crippen LogP contribution in [0, 0.1) is 18.3 Å². The third-order valence-corrected chi connectivity index (χ3v) is 3.61. The lowest BCUT2D eigenvalue weighted by atomic mass is 10.1. The second kappa shape index (κ2) is 4.67. The zero-order valence-corrected chi connectivity index (χ0v) is 10.8. The van der Waals surface area contributed by atoms with Crippen LogP contribution in [0.4, 0.5) is 0 Å². The van der Waals surface area contributed by atoms with Gasteiger partial charge in [-0.3, -0.25) is 4.79 Å². The summed E-state index contributed by atoms with van der Waals surface area (Å²) >= 11 is 0. The molecule has 1 unspecified atom stereocenters. The van der Waals surface area contributed by atoms with Crippen LogP contribution in [0.5, 0.6) is 0 Å². The summed E-state index contributed by atoms with van der Waals surface area (Å²) in [5.74, 6) is 1.11. The molecule has 2 heterocycles. The molecule has 1 aliphatic heterocycles. The van der Waals surface area contributed by atoms with Gasteiger partial charge in [-0.1, -0.05) is 5.16 Å². The summed E-state index contributed by atoms with van der Waals surface area (Å²) in [6.45, 7) is 3.04. The zero-order valence-electron chi connectivity index (χ0n) is 10.8. The maximum Gasteiger partial charge on any atom is 0.276 e. The lowest BCUT2D eigenvalue weighted by molar-refractivity contribution is 0.00299. The van der Waals surface area contributed by atoms with Crippen molar-refractivity contribution >= 4 is 5.91 Å². The molecule has 6 heteroatoms. The van der Waals surface area contributed by atoms with Gasteiger partial charge in [0.25, 0.3) is 5.91 Å². The Bertz CT molecular complexity index is 542. The molecule has 1 aliphatic carbocycles. The van der Waals surface area contributed by atoms with Crippen molar-refractivity contribution in [3.63, 3.8) is 0 Å². The van der Waals surface area contributed by atoms with Crippen LogP contribution in [0.3, 0.4) is 0 Å². The molecule has 0 bridgehead atoms. The van der Waals surface area contributed by atoms with Crippen LogP contribution in [-0.2, 0) is 4.74 Å². The number of hydrogen-bond acceptors (Lipinski definition) is 5. The van der Waals surface area contributed by atoms with Gasteiger partial charge in [-0.25, -0.2) is 0 Å². The molecule has 0 spiro atoms. The summed E-state index contributed by atoms with van der Waals surface area (Å²) in [5.41, 5.74) is 1.22. The molecule has 0 N–H and O–H groups in total. The SMILES string of the molecule is Cc1c(C(=O)N2CCOC(C#N)C2)noc1C1CC1. The molecule has 100 valence electrons. The fraction of sp³-hybridized carbons (Fsp3) is 0.615. The molecule has 0 radical (unpaired) electrons. The van der Waals surface area contributed by atoms with E-state index in [4.69, 9.17) is 14.5 Å². The Morgan fingerprint density at radius 2 is 2.32 bits per heavy atom. The molecule has 1 saturated carbocycles. The van der Waals surface area contributed by atoms with E-state index in [1.54, 1.807) is 4.90 Å². The molecule has 1 aromatic rings. The van der Waals surface area contributed by atoms with Gasteiger partial charge < -0.3 is 14.2 Å². The number of nitrogens with zero attached hydrogens (tertiary/aromatic N) is 3. The summed E-state index contributed by atoms with van der Waals surface area (Å²) in [6.07, 6.45) is 1.67. The lowest BCUT2D eigenvalue weighted by Crippen LogP contribution is -2.45. The average Bonchev–Trinajstić information content (AvgIpc) is 3.21. The first-order valence-corrected chi connectivity index (χ1v) is 6.47. The van der Waals surface area contributed by atoms with Crippen molar-refractivity contribution in [3.8, 4) is 6.07 Å². The van der Waals surface area contributed by atoms with Gasteiger partial charge in [0.05, 0.1) is 19.2 Å². The van der Waals surface area contributed by atoms with Gasteiger partial charge in [0, 0.05) is 18.0 Å². The second-order valence-corrected chi connectivity index (χ2v) is 5.03. The highest BCUT2D eigenvalue weighted by molar-refractivity contribution is 5.93. The highest BCUT2D eigenvalue weighted by Crippen LogP contribution is 2.42. The van der Waals surface area contributed by atoms with Crippen LogP contribution in [0.25, 0.3) is 0 Å². The van der Waals surface area contributed by atoms with E-state index in [1.165, 1.54) is 0 Å². The Labute approximate surface area is 110 Å². The van der Waals surface area contributed by atoms with E-state index in [0.717, 1.165) is 24.2 Å². The van der Waals surface area contributed by atoms with Crippen molar-refractivity contribution in [2.24, 2.45) is 0 Å². The summed E-state index contributed by atoms with van der Waals surface area (Å²) in [5, 5.41) is 12.8. The first kappa shape index (κ1) is 12.2. The van der Waals surface area contributed by atoms with Crippen LogP contribution in [0.2, 0.25) is 0 Å². The van der Waals surface area contributed by atoms with Gasteiger partial charge in [-0.2, -0.15) is 5.26 Å². The molecule has 2 aliphatic rings. The summed E-state index contributed by atoms with van der Waals surface area (Å²) < 4.78 is 10.5. The maximum absolute atomic E-state index is 12.4. The van der Waals surface area contributed by atoms with E-state index >= 15 is 0 Å². The molecule has 2 fully saturated rings. The molecule has 1 aromatic heterocycles. The minimum atomic E-state index is -0.548. The molecule has 1 amide bonds. The molecule has 1 saturated heterocycles. The third-order valence-electron chi connectivity index (χ3n) is 3.61. The minimum Gasteiger partial charge on any atom is -0.360 e. The lowest BCUT2D eigenvalue weighted by Gasteiger charge is -2.29. The van der Waals surface area contributed by atoms with Gasteiger partial charge >= 0.3 is 0 Å². The van der Waals surface area contributed by atoms with E-state index in [2.05, 4.69) is 5.16 Å². The monoisotopic (exact) mass is 261 g/mol. The topological polar surface area (TPSA) is 79.4 Å². The quantitative estimate of drug-likeness (QED) is 0.799. The smallest absolute Gasteiger partial charge is 0.276 e. The van der Waals surface area contributed by atoms with Gasteiger partial charge in [-0.15, -0.1) is 0 Å². The summed E-state index contributed by atoms with van der Waals surface area (Å²) in [6, 6.07) is 2.03. The standard InChI is InChI=1S/C13H15N3O3/c1-8-11(15-19-12(8)9-2-3-9)13(17)16-4-5-18-10(6-14)7-16/h9-10H,2-5,7H2,1H3. The second-order valence-electron chi connectivity index (χ2n) is 5.03. The highest BCUT2D eigenvalue weighted by atomic mass is 16.5. The third kappa shape index (κ3) is 2.22. The summed E-state index contributed by atoms with van der Waals surface area (Å²) in [7, 11) is 0. The van der Waals surface area contributed by atoms with Crippen molar-refractivity contribution in [2.75, 3.05) is 19.7 Å². The van der Waals surface area contributed by atoms with E-state index in [-0.39, 0.29) is 5.91 Å². The van der Waals surface area contributed by atoms with Gasteiger partial charge in [0.1, 0.15) is 5.76 Å². The first-order chi connectivity index (χ1) is 9.20. The van der Waals surface area contributed by atoms with Crippen LogP contribution < -0.4 is 0 Å². The Balaban J connectivity index is 1.78. The van der Waals surface area contributed by atoms with E-state index in [1.807, 2.05) is 13.0 Å². The fourth-order valence-electron chi connectivity index (χ4n) is 2.34. The number of nitriles is 1. The van der Waals surface area contributed by atoms with Gasteiger partial charge in [0.2, 0.25) is 0 Å². The Kier molecular flexibility index (Phi) is 2.99. The van der Waals surface area contributed by atoms with Crippen LogP contribution in [-0.4, -0.2) is 41.8 Å². The van der Waals surface area contributed by atoms with Crippen LogP contribution in [0.15, 0.2) is 4.52 Å². The highest BCUT2D eigenvalue weighted by Gasteiger charge is 2.34. The normalized spacial score (nSPS) is 23.2. The average molecular weight is 261 g/mol. The van der Waals surface area contributed by atoms with Crippen molar-refractivity contribution in [2.45, 2.75) is 31.8 Å². The number of aromatic nitrogens is 1. The molecular formula is C13H15N3O3. The van der Waals surface area contributed by atoms with E-state index in [0.29, 0.717) is 31.3 Å². The van der Waals surface area contributed by atoms with Crippen LogP contribution >= 0.6 is 0 Å². The number of amides is 1. The molecule has 3 rings (SSSR count). The van der Waals surface area contributed by atoms with Crippen LogP contribution in [0.1, 0.15) is 40.6 Å². The maximum atomic E-state index is 12.4. The Morgan fingerprint density at radius 3 is 3.00 bits per heavy atom. The number of rotatable bonds is 2. The number of carbonyl (C=O) groups is 1. The summed E-state index contributed by atoms with van der Waals surface area (Å²) in [4.78, 5) is 14.0. The number of ether oxygens (including phenoxy) is 1. The first-order valence-electron chi connectivity index (χ1n) is 6.47. The molecule has 6 nitrogen and oxygen atoms in total. The molecule has 19 heavy (non-hydrogen) atoms. The molecule has 0 aromatic carbocycles. The van der Waals surface area contributed by atoms with E-state index < -0.39 is 6.10 Å².